The fourth-order valence-electron chi connectivity index (χ4n) is 2.89. The molecule has 2 aromatic rings. The molecule has 29 heavy (non-hydrogen) atoms. The Balaban J connectivity index is 2.01. The van der Waals surface area contributed by atoms with E-state index < -0.39 is 17.9 Å². The molecule has 0 radical (unpaired) electrons. The van der Waals surface area contributed by atoms with Crippen LogP contribution in [0.5, 0.6) is 0 Å². The van der Waals surface area contributed by atoms with Gasteiger partial charge in [-0.15, -0.1) is 0 Å². The Morgan fingerprint density at radius 1 is 1.07 bits per heavy atom. The van der Waals surface area contributed by atoms with Gasteiger partial charge in [-0.25, -0.2) is 0 Å². The lowest BCUT2D eigenvalue weighted by atomic mass is 9.98. The summed E-state index contributed by atoms with van der Waals surface area (Å²) in [6, 6.07) is 11.9. The molecular weight excluding hydrogens is 372 g/mol. The molecule has 0 saturated heterocycles. The van der Waals surface area contributed by atoms with Gasteiger partial charge < -0.3 is 19.8 Å². The largest absolute Gasteiger partial charge is 0.466 e. The van der Waals surface area contributed by atoms with E-state index in [-0.39, 0.29) is 36.7 Å². The first kappa shape index (κ1) is 22.2. The van der Waals surface area contributed by atoms with Crippen molar-refractivity contribution in [2.45, 2.75) is 33.2 Å². The summed E-state index contributed by atoms with van der Waals surface area (Å²) in [5.74, 6) is -1.72. The van der Waals surface area contributed by atoms with E-state index >= 15 is 0 Å². The summed E-state index contributed by atoms with van der Waals surface area (Å²) in [5, 5.41) is 5.47. The third kappa shape index (κ3) is 6.78. The molecule has 2 N–H and O–H groups in total. The molecule has 0 spiro atoms. The average molecular weight is 400 g/mol. The summed E-state index contributed by atoms with van der Waals surface area (Å²) in [6.45, 7) is 5.80. The summed E-state index contributed by atoms with van der Waals surface area (Å²) in [7, 11) is 0. The van der Waals surface area contributed by atoms with Crippen LogP contribution < -0.4 is 10.6 Å². The second-order valence-electron chi connectivity index (χ2n) is 7.06. The van der Waals surface area contributed by atoms with Gasteiger partial charge in [-0.3, -0.25) is 14.4 Å². The molecule has 1 aromatic heterocycles. The molecule has 0 bridgehead atoms. The van der Waals surface area contributed by atoms with Crippen LogP contribution in [0, 0.1) is 11.8 Å². The van der Waals surface area contributed by atoms with Gasteiger partial charge in [-0.05, 0) is 37.0 Å². The van der Waals surface area contributed by atoms with Gasteiger partial charge in [-0.1, -0.05) is 44.2 Å². The zero-order valence-corrected chi connectivity index (χ0v) is 17.0. The number of rotatable bonds is 10. The molecule has 1 heterocycles. The summed E-state index contributed by atoms with van der Waals surface area (Å²) >= 11 is 0. The van der Waals surface area contributed by atoms with E-state index in [2.05, 4.69) is 10.6 Å². The van der Waals surface area contributed by atoms with Gasteiger partial charge in [0.15, 0.2) is 5.76 Å². The summed E-state index contributed by atoms with van der Waals surface area (Å²) in [4.78, 5) is 37.3. The van der Waals surface area contributed by atoms with Crippen molar-refractivity contribution in [2.24, 2.45) is 11.8 Å². The van der Waals surface area contributed by atoms with E-state index in [1.165, 1.54) is 12.3 Å². The van der Waals surface area contributed by atoms with Gasteiger partial charge >= 0.3 is 5.97 Å². The molecule has 1 aromatic carbocycles. The Bertz CT molecular complexity index is 787. The highest BCUT2D eigenvalue weighted by molar-refractivity contribution is 5.95. The van der Waals surface area contributed by atoms with Crippen LogP contribution in [-0.4, -0.2) is 37.0 Å². The van der Waals surface area contributed by atoms with Crippen LogP contribution in [0.15, 0.2) is 53.1 Å². The van der Waals surface area contributed by atoms with Crippen LogP contribution in [0.4, 0.5) is 0 Å². The predicted molar refractivity (Wildman–Crippen MR) is 108 cm³/mol. The maximum Gasteiger partial charge on any atom is 0.311 e. The predicted octanol–water partition coefficient (Wildman–Crippen LogP) is 2.57. The van der Waals surface area contributed by atoms with Gasteiger partial charge in [0, 0.05) is 6.54 Å². The van der Waals surface area contributed by atoms with E-state index in [1.54, 1.807) is 13.0 Å². The van der Waals surface area contributed by atoms with Crippen molar-refractivity contribution in [1.82, 2.24) is 10.6 Å². The lowest BCUT2D eigenvalue weighted by molar-refractivity contribution is -0.147. The molecular formula is C22H28N2O5. The van der Waals surface area contributed by atoms with Crippen molar-refractivity contribution in [3.05, 3.63) is 60.1 Å². The van der Waals surface area contributed by atoms with Crippen molar-refractivity contribution < 1.29 is 23.5 Å². The highest BCUT2D eigenvalue weighted by Gasteiger charge is 2.27. The van der Waals surface area contributed by atoms with Gasteiger partial charge in [0.05, 0.1) is 18.8 Å². The highest BCUT2D eigenvalue weighted by Crippen LogP contribution is 2.11. The van der Waals surface area contributed by atoms with Crippen LogP contribution >= 0.6 is 0 Å². The highest BCUT2D eigenvalue weighted by atomic mass is 16.5. The molecule has 0 aliphatic heterocycles. The molecule has 2 unspecified atom stereocenters. The topological polar surface area (TPSA) is 97.6 Å². The third-order valence-electron chi connectivity index (χ3n) is 4.45. The third-order valence-corrected chi connectivity index (χ3v) is 4.45. The SMILES string of the molecule is CCOC(=O)C(CNC(=O)C(NC(=O)c1ccco1)C(C)C)Cc1ccccc1. The second-order valence-corrected chi connectivity index (χ2v) is 7.06. The van der Waals surface area contributed by atoms with Gasteiger partial charge in [0.2, 0.25) is 5.91 Å². The lowest BCUT2D eigenvalue weighted by Crippen LogP contribution is -2.51. The molecule has 0 aliphatic rings. The number of ether oxygens (including phenoxy) is 1. The lowest BCUT2D eigenvalue weighted by Gasteiger charge is -2.23. The first-order valence-electron chi connectivity index (χ1n) is 9.75. The van der Waals surface area contributed by atoms with Crippen LogP contribution in [0.25, 0.3) is 0 Å². The molecule has 2 atom stereocenters. The number of amides is 2. The van der Waals surface area contributed by atoms with Crippen LogP contribution in [0.3, 0.4) is 0 Å². The maximum absolute atomic E-state index is 12.7. The molecule has 0 fully saturated rings. The Morgan fingerprint density at radius 2 is 1.79 bits per heavy atom. The zero-order valence-electron chi connectivity index (χ0n) is 17.0. The summed E-state index contributed by atoms with van der Waals surface area (Å²) < 4.78 is 10.2. The number of carbonyl (C=O) groups is 3. The number of esters is 1. The molecule has 7 nitrogen and oxygen atoms in total. The Kier molecular flexibility index (Phi) is 8.45. The van der Waals surface area contributed by atoms with Crippen molar-refractivity contribution in [1.29, 1.82) is 0 Å². The molecule has 2 rings (SSSR count). The van der Waals surface area contributed by atoms with E-state index in [9.17, 15) is 14.4 Å². The van der Waals surface area contributed by atoms with Crippen molar-refractivity contribution >= 4 is 17.8 Å². The Labute approximate surface area is 170 Å². The van der Waals surface area contributed by atoms with Gasteiger partial charge in [-0.2, -0.15) is 0 Å². The fourth-order valence-corrected chi connectivity index (χ4v) is 2.89. The van der Waals surface area contributed by atoms with Crippen LogP contribution in [-0.2, 0) is 20.7 Å². The summed E-state index contributed by atoms with van der Waals surface area (Å²) in [5.41, 5.74) is 0.978. The maximum atomic E-state index is 12.7. The zero-order chi connectivity index (χ0) is 21.2. The van der Waals surface area contributed by atoms with Crippen molar-refractivity contribution in [2.75, 3.05) is 13.2 Å². The molecule has 2 amide bonds. The molecule has 7 heteroatoms. The number of carbonyl (C=O) groups excluding carboxylic acids is 3. The first-order chi connectivity index (χ1) is 13.9. The second kappa shape index (κ2) is 11.0. The number of benzene rings is 1. The Hall–Kier alpha value is -3.09. The smallest absolute Gasteiger partial charge is 0.311 e. The van der Waals surface area contributed by atoms with Gasteiger partial charge in [0.25, 0.3) is 5.91 Å². The minimum absolute atomic E-state index is 0.117. The minimum Gasteiger partial charge on any atom is -0.466 e. The average Bonchev–Trinajstić information content (AvgIpc) is 3.24. The Morgan fingerprint density at radius 3 is 2.38 bits per heavy atom. The monoisotopic (exact) mass is 400 g/mol. The van der Waals surface area contributed by atoms with Crippen LogP contribution in [0.2, 0.25) is 0 Å². The molecule has 0 saturated carbocycles. The van der Waals surface area contributed by atoms with E-state index in [0.29, 0.717) is 6.42 Å². The molecule has 0 aliphatic carbocycles. The van der Waals surface area contributed by atoms with E-state index in [4.69, 9.17) is 9.15 Å². The van der Waals surface area contributed by atoms with Crippen LogP contribution in [0.1, 0.15) is 36.9 Å². The number of hydrogen-bond donors (Lipinski definition) is 2. The summed E-state index contributed by atoms with van der Waals surface area (Å²) in [6.07, 6.45) is 1.85. The molecule has 156 valence electrons. The quantitative estimate of drug-likeness (QED) is 0.598. The number of nitrogens with one attached hydrogen (secondary N) is 2. The minimum atomic E-state index is -0.757. The standard InChI is InChI=1S/C22H28N2O5/c1-4-28-22(27)17(13-16-9-6-5-7-10-16)14-23-21(26)19(15(2)3)24-20(25)18-11-8-12-29-18/h5-12,15,17,19H,4,13-14H2,1-3H3,(H,23,26)(H,24,25). The normalized spacial score (nSPS) is 12.8. The van der Waals surface area contributed by atoms with Gasteiger partial charge in [0.1, 0.15) is 6.04 Å². The van der Waals surface area contributed by atoms with Crippen molar-refractivity contribution in [3.63, 3.8) is 0 Å². The van der Waals surface area contributed by atoms with Crippen molar-refractivity contribution in [3.8, 4) is 0 Å². The fraction of sp³-hybridized carbons (Fsp3) is 0.409. The van der Waals surface area contributed by atoms with E-state index in [0.717, 1.165) is 5.56 Å². The van der Waals surface area contributed by atoms with E-state index in [1.807, 2.05) is 44.2 Å². The number of hydrogen-bond acceptors (Lipinski definition) is 5. The number of furan rings is 1. The first-order valence-corrected chi connectivity index (χ1v) is 9.75.